The highest BCUT2D eigenvalue weighted by Crippen LogP contribution is 2.51. The highest BCUT2D eigenvalue weighted by atomic mass is 14.9. The van der Waals surface area contributed by atoms with Gasteiger partial charge >= 0.3 is 0 Å². The summed E-state index contributed by atoms with van der Waals surface area (Å²) in [7, 11) is 0. The lowest BCUT2D eigenvalue weighted by molar-refractivity contribution is 1.23. The molecule has 4 nitrogen and oxygen atoms in total. The van der Waals surface area contributed by atoms with Crippen molar-refractivity contribution < 1.29 is 0 Å². The van der Waals surface area contributed by atoms with Crippen LogP contribution in [0.2, 0.25) is 0 Å². The smallest absolute Gasteiger partial charge is 0.161 e. The molecule has 2 aliphatic heterocycles. The van der Waals surface area contributed by atoms with Crippen LogP contribution in [0.1, 0.15) is 0 Å². The molecule has 3 heterocycles. The van der Waals surface area contributed by atoms with E-state index in [4.69, 9.17) is 20.0 Å². The Kier molecular flexibility index (Phi) is 6.60. The first-order valence-electron chi connectivity index (χ1n) is 19.0. The molecule has 56 heavy (non-hydrogen) atoms. The summed E-state index contributed by atoms with van der Waals surface area (Å²) < 4.78 is 0. The monoisotopic (exact) mass is 710 g/mol. The van der Waals surface area contributed by atoms with Crippen LogP contribution >= 0.6 is 0 Å². The van der Waals surface area contributed by atoms with E-state index < -0.39 is 0 Å². The number of rotatable bonds is 4. The van der Waals surface area contributed by atoms with Gasteiger partial charge in [-0.3, -0.25) is 0 Å². The molecule has 0 fully saturated rings. The Hall–Kier alpha value is -7.56. The van der Waals surface area contributed by atoms with Crippen molar-refractivity contribution >= 4 is 43.8 Å². The molecule has 0 N–H and O–H groups in total. The van der Waals surface area contributed by atoms with Crippen LogP contribution in [-0.2, 0) is 0 Å². The van der Waals surface area contributed by atoms with Crippen LogP contribution in [0.4, 0.5) is 11.4 Å². The summed E-state index contributed by atoms with van der Waals surface area (Å²) in [6.45, 7) is 0. The van der Waals surface area contributed by atoms with Crippen LogP contribution in [0.3, 0.4) is 0 Å². The fourth-order valence-electron chi connectivity index (χ4n) is 9.02. The molecule has 0 aliphatic carbocycles. The van der Waals surface area contributed by atoms with E-state index in [9.17, 15) is 0 Å². The van der Waals surface area contributed by atoms with E-state index in [-0.39, 0.29) is 0 Å². The van der Waals surface area contributed by atoms with E-state index in [2.05, 4.69) is 176 Å². The van der Waals surface area contributed by atoms with E-state index in [1.165, 1.54) is 21.9 Å². The first kappa shape index (κ1) is 30.9. The summed E-state index contributed by atoms with van der Waals surface area (Å²) in [5.74, 6) is 0.659. The Morgan fingerprint density at radius 1 is 0.339 bits per heavy atom. The number of para-hydroxylation sites is 1. The Morgan fingerprint density at radius 3 is 1.73 bits per heavy atom. The van der Waals surface area contributed by atoms with Crippen LogP contribution in [0.25, 0.3) is 88.3 Å². The molecule has 0 atom stereocenters. The van der Waals surface area contributed by atoms with Crippen LogP contribution in [0.5, 0.6) is 0 Å². The van der Waals surface area contributed by atoms with Crippen LogP contribution in [0.15, 0.2) is 192 Å². The van der Waals surface area contributed by atoms with E-state index in [1.54, 1.807) is 0 Å². The molecule has 0 radical (unpaired) electrons. The van der Waals surface area contributed by atoms with E-state index in [0.717, 1.165) is 93.1 Å². The maximum atomic E-state index is 5.58. The van der Waals surface area contributed by atoms with Gasteiger partial charge in [-0.1, -0.05) is 152 Å². The summed E-state index contributed by atoms with van der Waals surface area (Å²) in [4.78, 5) is 21.4. The number of fused-ring (bicyclic) bond motifs is 12. The summed E-state index contributed by atoms with van der Waals surface area (Å²) >= 11 is 0. The van der Waals surface area contributed by atoms with E-state index in [0.29, 0.717) is 5.82 Å². The Labute approximate surface area is 321 Å². The molecule has 0 amide bonds. The third-order valence-electron chi connectivity index (χ3n) is 11.5. The van der Waals surface area contributed by atoms with Gasteiger partial charge in [0.1, 0.15) is 0 Å². The van der Waals surface area contributed by atoms with Crippen molar-refractivity contribution in [1.82, 2.24) is 9.97 Å². The molecule has 0 saturated heterocycles. The zero-order chi connectivity index (χ0) is 36.7. The van der Waals surface area contributed by atoms with Gasteiger partial charge in [-0.15, -0.1) is 0 Å². The van der Waals surface area contributed by atoms with Crippen molar-refractivity contribution in [1.29, 1.82) is 0 Å². The molecule has 2 aliphatic rings. The van der Waals surface area contributed by atoms with Crippen molar-refractivity contribution in [3.8, 4) is 55.9 Å². The largest absolute Gasteiger partial charge is 0.248 e. The summed E-state index contributed by atoms with van der Waals surface area (Å²) in [5, 5.41) is 9.80. The van der Waals surface area contributed by atoms with Gasteiger partial charge in [0.25, 0.3) is 0 Å². The standard InChI is InChI=1S/C52H30N4/c1-2-14-31(15-3-1)32-16-4-5-17-33(32)34-18-6-8-20-36(34)40-26-28-45-48(49-46(54-45)29-27-42-39-23-12-13-25-44(39)55-51(42)49)47(40)52-53-30-43-38-22-9-7-19-35(38)37-21-10-11-24-41(37)50(43)56-52/h1-30H. The van der Waals surface area contributed by atoms with Crippen LogP contribution < -0.4 is 10.7 Å². The average Bonchev–Trinajstić information content (AvgIpc) is 3.85. The molecular formula is C52H30N4. The van der Waals surface area contributed by atoms with E-state index in [1.807, 2.05) is 6.20 Å². The molecule has 0 saturated carbocycles. The van der Waals surface area contributed by atoms with Crippen molar-refractivity contribution in [2.45, 2.75) is 0 Å². The molecule has 258 valence electrons. The number of hydrogen-bond donors (Lipinski definition) is 0. The van der Waals surface area contributed by atoms with Gasteiger partial charge in [0, 0.05) is 44.1 Å². The predicted octanol–water partition coefficient (Wildman–Crippen LogP) is 12.1. The minimum absolute atomic E-state index is 0.659. The van der Waals surface area contributed by atoms with Gasteiger partial charge in [-0.05, 0) is 73.8 Å². The first-order valence-corrected chi connectivity index (χ1v) is 19.0. The van der Waals surface area contributed by atoms with E-state index >= 15 is 0 Å². The molecule has 0 bridgehead atoms. The zero-order valence-electron chi connectivity index (χ0n) is 30.1. The Morgan fingerprint density at radius 2 is 0.946 bits per heavy atom. The molecule has 1 aromatic heterocycles. The molecule has 12 rings (SSSR count). The molecule has 9 aromatic carbocycles. The minimum Gasteiger partial charge on any atom is -0.248 e. The zero-order valence-corrected chi connectivity index (χ0v) is 30.1. The molecule has 0 spiro atoms. The van der Waals surface area contributed by atoms with Crippen molar-refractivity contribution in [3.63, 3.8) is 0 Å². The minimum atomic E-state index is 0.659. The third-order valence-corrected chi connectivity index (χ3v) is 11.5. The molecule has 0 unspecified atom stereocenters. The van der Waals surface area contributed by atoms with Gasteiger partial charge in [-0.2, -0.15) is 0 Å². The normalized spacial score (nSPS) is 12.2. The van der Waals surface area contributed by atoms with Gasteiger partial charge in [0.15, 0.2) is 5.82 Å². The fourth-order valence-corrected chi connectivity index (χ4v) is 9.02. The highest BCUT2D eigenvalue weighted by molar-refractivity contribution is 6.24. The summed E-state index contributed by atoms with van der Waals surface area (Å²) in [6, 6.07) is 62.2. The number of nitrogens with zero attached hydrogens (tertiary/aromatic N) is 4. The molecule has 4 heteroatoms. The van der Waals surface area contributed by atoms with Gasteiger partial charge in [-0.25, -0.2) is 20.0 Å². The van der Waals surface area contributed by atoms with Crippen molar-refractivity contribution in [2.75, 3.05) is 0 Å². The Bertz CT molecular complexity index is 3500. The summed E-state index contributed by atoms with van der Waals surface area (Å²) in [6.07, 6.45) is 2.02. The Balaban J connectivity index is 1.20. The number of benzene rings is 9. The number of hydrogen-bond acceptors (Lipinski definition) is 4. The van der Waals surface area contributed by atoms with Gasteiger partial charge < -0.3 is 0 Å². The lowest BCUT2D eigenvalue weighted by Gasteiger charge is -2.19. The maximum absolute atomic E-state index is 5.58. The second-order valence-electron chi connectivity index (χ2n) is 14.5. The second kappa shape index (κ2) is 12.0. The first-order chi connectivity index (χ1) is 27.8. The van der Waals surface area contributed by atoms with Crippen molar-refractivity contribution in [3.05, 3.63) is 203 Å². The lowest BCUT2D eigenvalue weighted by atomic mass is 9.85. The predicted molar refractivity (Wildman–Crippen MR) is 227 cm³/mol. The fraction of sp³-hybridized carbons (Fsp3) is 0. The van der Waals surface area contributed by atoms with Crippen molar-refractivity contribution in [2.24, 2.45) is 9.98 Å². The number of aromatic nitrogens is 2. The topological polar surface area (TPSA) is 50.5 Å². The second-order valence-corrected chi connectivity index (χ2v) is 14.5. The summed E-state index contributed by atoms with van der Waals surface area (Å²) in [5.41, 5.74) is 12.6. The van der Waals surface area contributed by atoms with Gasteiger partial charge in [0.2, 0.25) is 0 Å². The third kappa shape index (κ3) is 4.47. The maximum Gasteiger partial charge on any atom is 0.161 e. The van der Waals surface area contributed by atoms with Crippen LogP contribution in [-0.4, -0.2) is 9.97 Å². The van der Waals surface area contributed by atoms with Crippen LogP contribution in [0, 0.1) is 10.4 Å². The molecular weight excluding hydrogens is 681 g/mol. The lowest BCUT2D eigenvalue weighted by Crippen LogP contribution is -2.02. The molecule has 10 aromatic rings. The SMILES string of the molecule is c1ccc(-c2ccccc2-c2ccccc2-c2ccc3c(c2-c2ncc4c5ccccc5c5ccccc5c4n2)-c2c4c(ccc2=N3)=c2ccccc2=N4)cc1. The average molecular weight is 711 g/mol. The highest BCUT2D eigenvalue weighted by Gasteiger charge is 2.29. The quantitative estimate of drug-likeness (QED) is 0.171. The van der Waals surface area contributed by atoms with Gasteiger partial charge in [0.05, 0.1) is 27.6 Å².